The van der Waals surface area contributed by atoms with E-state index in [1.807, 2.05) is 0 Å². The van der Waals surface area contributed by atoms with Crippen molar-refractivity contribution in [3.8, 4) is 0 Å². The average Bonchev–Trinajstić information content (AvgIpc) is 2.84. The minimum atomic E-state index is -3.46. The summed E-state index contributed by atoms with van der Waals surface area (Å²) in [6.07, 6.45) is 1.01. The predicted octanol–water partition coefficient (Wildman–Crippen LogP) is 1.94. The van der Waals surface area contributed by atoms with Gasteiger partial charge >= 0.3 is 0 Å². The van der Waals surface area contributed by atoms with Crippen LogP contribution in [0.3, 0.4) is 0 Å². The van der Waals surface area contributed by atoms with E-state index in [4.69, 9.17) is 0 Å². The second kappa shape index (κ2) is 5.06. The number of thiazole rings is 1. The maximum absolute atomic E-state index is 13.5. The van der Waals surface area contributed by atoms with Crippen molar-refractivity contribution in [2.45, 2.75) is 4.90 Å². The van der Waals surface area contributed by atoms with Crippen molar-refractivity contribution < 1.29 is 17.6 Å². The van der Waals surface area contributed by atoms with Gasteiger partial charge in [0.05, 0.1) is 16.1 Å². The van der Waals surface area contributed by atoms with Crippen LogP contribution in [0.15, 0.2) is 34.0 Å². The van der Waals surface area contributed by atoms with E-state index in [9.17, 15) is 17.6 Å². The Morgan fingerprint density at radius 3 is 2.74 bits per heavy atom. The summed E-state index contributed by atoms with van der Waals surface area (Å²) in [6.45, 7) is 0. The zero-order chi connectivity index (χ0) is 14.0. The Balaban J connectivity index is 2.32. The number of carbonyl (C=O) groups is 1. The van der Waals surface area contributed by atoms with Gasteiger partial charge in [-0.25, -0.2) is 17.8 Å². The number of aromatic nitrogens is 1. The van der Waals surface area contributed by atoms with Crippen LogP contribution < -0.4 is 5.32 Å². The first kappa shape index (κ1) is 13.6. The van der Waals surface area contributed by atoms with E-state index in [-0.39, 0.29) is 16.3 Å². The van der Waals surface area contributed by atoms with Crippen molar-refractivity contribution in [3.05, 3.63) is 40.6 Å². The molecule has 5 nitrogen and oxygen atoms in total. The maximum Gasteiger partial charge on any atom is 0.275 e. The van der Waals surface area contributed by atoms with Crippen LogP contribution in [-0.2, 0) is 9.84 Å². The van der Waals surface area contributed by atoms with Crippen molar-refractivity contribution >= 4 is 32.8 Å². The van der Waals surface area contributed by atoms with E-state index in [1.54, 1.807) is 0 Å². The van der Waals surface area contributed by atoms with Crippen molar-refractivity contribution in [3.63, 3.8) is 0 Å². The third kappa shape index (κ3) is 3.15. The molecule has 0 bridgehead atoms. The van der Waals surface area contributed by atoms with E-state index < -0.39 is 21.6 Å². The predicted molar refractivity (Wildman–Crippen MR) is 69.6 cm³/mol. The molecular formula is C11H9FN2O3S2. The summed E-state index contributed by atoms with van der Waals surface area (Å²) in [5, 5.41) is 3.80. The van der Waals surface area contributed by atoms with Crippen molar-refractivity contribution in [2.24, 2.45) is 0 Å². The number of benzene rings is 1. The molecule has 0 atom stereocenters. The van der Waals surface area contributed by atoms with Crippen LogP contribution >= 0.6 is 11.3 Å². The van der Waals surface area contributed by atoms with Gasteiger partial charge in [-0.3, -0.25) is 4.79 Å². The Labute approximate surface area is 113 Å². The first-order valence-corrected chi connectivity index (χ1v) is 7.90. The lowest BCUT2D eigenvalue weighted by Gasteiger charge is -2.06. The summed E-state index contributed by atoms with van der Waals surface area (Å²) in [5.41, 5.74) is 1.42. The molecular weight excluding hydrogens is 291 g/mol. The Bertz CT molecular complexity index is 712. The van der Waals surface area contributed by atoms with Crippen LogP contribution in [0.5, 0.6) is 0 Å². The molecule has 0 radical (unpaired) electrons. The molecule has 2 rings (SSSR count). The van der Waals surface area contributed by atoms with E-state index in [0.717, 1.165) is 24.5 Å². The monoisotopic (exact) mass is 300 g/mol. The van der Waals surface area contributed by atoms with Crippen LogP contribution in [0.25, 0.3) is 0 Å². The fraction of sp³-hybridized carbons (Fsp3) is 0.0909. The lowest BCUT2D eigenvalue weighted by molar-refractivity contribution is 0.102. The summed E-state index contributed by atoms with van der Waals surface area (Å²) in [4.78, 5) is 15.4. The molecule has 0 spiro atoms. The van der Waals surface area contributed by atoms with Gasteiger partial charge in [-0.15, -0.1) is 11.3 Å². The summed E-state index contributed by atoms with van der Waals surface area (Å²) in [5.74, 6) is -1.30. The summed E-state index contributed by atoms with van der Waals surface area (Å²) < 4.78 is 36.3. The number of amides is 1. The lowest BCUT2D eigenvalue weighted by atomic mass is 10.3. The number of nitrogens with zero attached hydrogens (tertiary/aromatic N) is 1. The molecule has 0 saturated heterocycles. The molecule has 1 amide bonds. The first-order chi connectivity index (χ1) is 8.88. The minimum absolute atomic E-state index is 0.0672. The lowest BCUT2D eigenvalue weighted by Crippen LogP contribution is -2.13. The summed E-state index contributed by atoms with van der Waals surface area (Å²) >= 11 is 1.23. The van der Waals surface area contributed by atoms with Gasteiger partial charge < -0.3 is 5.32 Å². The van der Waals surface area contributed by atoms with Gasteiger partial charge in [-0.05, 0) is 18.2 Å². The third-order valence-corrected chi connectivity index (χ3v) is 3.98. The number of carbonyl (C=O) groups excluding carboxylic acids is 1. The molecule has 0 aliphatic rings. The third-order valence-electron chi connectivity index (χ3n) is 2.28. The van der Waals surface area contributed by atoms with Crippen LogP contribution in [0.4, 0.5) is 10.1 Å². The van der Waals surface area contributed by atoms with Gasteiger partial charge in [-0.2, -0.15) is 0 Å². The van der Waals surface area contributed by atoms with E-state index in [1.165, 1.54) is 22.2 Å². The highest BCUT2D eigenvalue weighted by Crippen LogP contribution is 2.20. The SMILES string of the molecule is CS(=O)(=O)c1ccc(F)c(NC(=O)c2cscn2)c1. The van der Waals surface area contributed by atoms with Gasteiger partial charge in [-0.1, -0.05) is 0 Å². The van der Waals surface area contributed by atoms with Gasteiger partial charge in [0, 0.05) is 11.6 Å². The minimum Gasteiger partial charge on any atom is -0.318 e. The van der Waals surface area contributed by atoms with Gasteiger partial charge in [0.15, 0.2) is 9.84 Å². The Hall–Kier alpha value is -1.80. The quantitative estimate of drug-likeness (QED) is 0.879. The van der Waals surface area contributed by atoms with Crippen LogP contribution in [0.2, 0.25) is 0 Å². The van der Waals surface area contributed by atoms with Gasteiger partial charge in [0.1, 0.15) is 11.5 Å². The van der Waals surface area contributed by atoms with Crippen LogP contribution in [-0.4, -0.2) is 25.6 Å². The van der Waals surface area contributed by atoms with E-state index in [0.29, 0.717) is 0 Å². The largest absolute Gasteiger partial charge is 0.318 e. The van der Waals surface area contributed by atoms with E-state index >= 15 is 0 Å². The molecule has 0 aliphatic heterocycles. The second-order valence-electron chi connectivity index (χ2n) is 3.74. The number of rotatable bonds is 3. The number of hydrogen-bond acceptors (Lipinski definition) is 5. The van der Waals surface area contributed by atoms with E-state index in [2.05, 4.69) is 10.3 Å². The Morgan fingerprint density at radius 2 is 2.16 bits per heavy atom. The fourth-order valence-electron chi connectivity index (χ4n) is 1.34. The van der Waals surface area contributed by atoms with Crippen molar-refractivity contribution in [2.75, 3.05) is 11.6 Å². The molecule has 0 unspecified atom stereocenters. The maximum atomic E-state index is 13.5. The molecule has 0 fully saturated rings. The smallest absolute Gasteiger partial charge is 0.275 e. The first-order valence-electron chi connectivity index (χ1n) is 5.07. The van der Waals surface area contributed by atoms with Crippen molar-refractivity contribution in [1.29, 1.82) is 0 Å². The van der Waals surface area contributed by atoms with Crippen LogP contribution in [0.1, 0.15) is 10.5 Å². The molecule has 1 aromatic heterocycles. The van der Waals surface area contributed by atoms with Crippen molar-refractivity contribution in [1.82, 2.24) is 4.98 Å². The fourth-order valence-corrected chi connectivity index (χ4v) is 2.52. The number of halogens is 1. The average molecular weight is 300 g/mol. The Kier molecular flexibility index (Phi) is 3.63. The molecule has 1 aromatic carbocycles. The molecule has 1 N–H and O–H groups in total. The molecule has 0 saturated carbocycles. The number of anilines is 1. The number of hydrogen-bond donors (Lipinski definition) is 1. The van der Waals surface area contributed by atoms with Gasteiger partial charge in [0.2, 0.25) is 0 Å². The molecule has 19 heavy (non-hydrogen) atoms. The normalized spacial score (nSPS) is 11.3. The zero-order valence-electron chi connectivity index (χ0n) is 9.75. The Morgan fingerprint density at radius 1 is 1.42 bits per heavy atom. The summed E-state index contributed by atoms with van der Waals surface area (Å²) in [7, 11) is -3.46. The standard InChI is InChI=1S/C11H9FN2O3S2/c1-19(16,17)7-2-3-8(12)9(4-7)14-11(15)10-5-18-6-13-10/h2-6H,1H3,(H,14,15). The number of nitrogens with one attached hydrogen (secondary N) is 1. The zero-order valence-corrected chi connectivity index (χ0v) is 11.4. The molecule has 2 aromatic rings. The van der Waals surface area contributed by atoms with Crippen LogP contribution in [0, 0.1) is 5.82 Å². The molecule has 100 valence electrons. The topological polar surface area (TPSA) is 76.1 Å². The highest BCUT2D eigenvalue weighted by Gasteiger charge is 2.14. The highest BCUT2D eigenvalue weighted by molar-refractivity contribution is 7.90. The summed E-state index contributed by atoms with van der Waals surface area (Å²) in [6, 6.07) is 3.21. The highest BCUT2D eigenvalue weighted by atomic mass is 32.2. The molecule has 1 heterocycles. The number of sulfone groups is 1. The van der Waals surface area contributed by atoms with Gasteiger partial charge in [0.25, 0.3) is 5.91 Å². The molecule has 8 heteroatoms. The molecule has 0 aliphatic carbocycles. The second-order valence-corrected chi connectivity index (χ2v) is 6.48.